The second-order valence-electron chi connectivity index (χ2n) is 6.56. The van der Waals surface area contributed by atoms with Gasteiger partial charge >= 0.3 is 6.18 Å². The molecule has 0 saturated heterocycles. The Morgan fingerprint density at radius 1 is 1.03 bits per heavy atom. The van der Waals surface area contributed by atoms with Crippen LogP contribution in [0.1, 0.15) is 21.7 Å². The number of alkyl halides is 3. The number of hydrogen-bond acceptors (Lipinski definition) is 4. The van der Waals surface area contributed by atoms with Gasteiger partial charge in [-0.2, -0.15) is 18.3 Å². The molecule has 1 heterocycles. The molecule has 0 fully saturated rings. The quantitative estimate of drug-likeness (QED) is 0.651. The van der Waals surface area contributed by atoms with Gasteiger partial charge in [0.05, 0.1) is 17.8 Å². The summed E-state index contributed by atoms with van der Waals surface area (Å²) >= 11 is 0. The molecule has 7 nitrogen and oxygen atoms in total. The number of nitrogens with zero attached hydrogens (tertiary/aromatic N) is 2. The van der Waals surface area contributed by atoms with Crippen molar-refractivity contribution in [1.82, 2.24) is 15.1 Å². The first kappa shape index (κ1) is 21.8. The zero-order valence-electron chi connectivity index (χ0n) is 16.2. The molecule has 0 saturated carbocycles. The molecule has 2 aromatic carbocycles. The van der Waals surface area contributed by atoms with E-state index in [9.17, 15) is 27.6 Å². The number of hydrogen-bond donors (Lipinski definition) is 2. The number of rotatable bonds is 5. The summed E-state index contributed by atoms with van der Waals surface area (Å²) in [5.41, 5.74) is -1.36. The molecule has 160 valence electrons. The van der Waals surface area contributed by atoms with Crippen LogP contribution in [0.25, 0.3) is 5.69 Å². The lowest BCUT2D eigenvalue weighted by Crippen LogP contribution is -2.36. The van der Waals surface area contributed by atoms with Crippen LogP contribution in [0.3, 0.4) is 0 Å². The number of anilines is 1. The van der Waals surface area contributed by atoms with Gasteiger partial charge in [0, 0.05) is 17.4 Å². The summed E-state index contributed by atoms with van der Waals surface area (Å²) in [5.74, 6) is -1.45. The fourth-order valence-electron chi connectivity index (χ4n) is 2.75. The zero-order valence-corrected chi connectivity index (χ0v) is 16.2. The van der Waals surface area contributed by atoms with Gasteiger partial charge in [0.25, 0.3) is 5.91 Å². The summed E-state index contributed by atoms with van der Waals surface area (Å²) in [6.45, 7) is 1.05. The molecule has 3 rings (SSSR count). The molecule has 31 heavy (non-hydrogen) atoms. The first-order valence-corrected chi connectivity index (χ1v) is 9.07. The number of nitrogens with one attached hydrogen (secondary N) is 2. The van der Waals surface area contributed by atoms with Crippen molar-refractivity contribution >= 4 is 17.5 Å². The van der Waals surface area contributed by atoms with E-state index in [0.29, 0.717) is 5.69 Å². The fourth-order valence-corrected chi connectivity index (χ4v) is 2.75. The standard InChI is InChI=1S/C21H17F3N4O3/c1-13-10-17(29)19(20(31)25-12-18(30)26-15-7-3-2-4-8-15)27-28(13)16-9-5-6-14(11-16)21(22,23)24/h2-11H,12H2,1H3,(H,25,31)(H,26,30). The Balaban J connectivity index is 1.80. The number of halogens is 3. The van der Waals surface area contributed by atoms with Gasteiger partial charge in [0.15, 0.2) is 5.69 Å². The fraction of sp³-hybridized carbons (Fsp3) is 0.143. The Bertz CT molecular complexity index is 1170. The van der Waals surface area contributed by atoms with E-state index in [2.05, 4.69) is 15.7 Å². The predicted molar refractivity (Wildman–Crippen MR) is 107 cm³/mol. The van der Waals surface area contributed by atoms with Crippen LogP contribution in [-0.4, -0.2) is 28.1 Å². The summed E-state index contributed by atoms with van der Waals surface area (Å²) < 4.78 is 40.1. The second kappa shape index (κ2) is 8.82. The molecule has 0 spiro atoms. The van der Waals surface area contributed by atoms with Crippen LogP contribution in [0.4, 0.5) is 18.9 Å². The largest absolute Gasteiger partial charge is 0.416 e. The van der Waals surface area contributed by atoms with Crippen molar-refractivity contribution in [3.05, 3.63) is 87.8 Å². The van der Waals surface area contributed by atoms with Gasteiger partial charge in [-0.15, -0.1) is 0 Å². The van der Waals surface area contributed by atoms with Crippen LogP contribution < -0.4 is 16.1 Å². The summed E-state index contributed by atoms with van der Waals surface area (Å²) in [6, 6.07) is 14.0. The van der Waals surface area contributed by atoms with Crippen molar-refractivity contribution in [3.63, 3.8) is 0 Å². The highest BCUT2D eigenvalue weighted by atomic mass is 19.4. The average molecular weight is 430 g/mol. The van der Waals surface area contributed by atoms with Gasteiger partial charge in [-0.05, 0) is 37.3 Å². The molecule has 0 aliphatic carbocycles. The van der Waals surface area contributed by atoms with E-state index < -0.39 is 41.2 Å². The lowest BCUT2D eigenvalue weighted by atomic mass is 10.2. The number of carbonyl (C=O) groups excluding carboxylic acids is 2. The Labute approximate surface area is 174 Å². The Kier molecular flexibility index (Phi) is 6.19. The normalized spacial score (nSPS) is 11.1. The summed E-state index contributed by atoms with van der Waals surface area (Å²) in [5, 5.41) is 8.77. The van der Waals surface area contributed by atoms with Gasteiger partial charge in [0.2, 0.25) is 11.3 Å². The summed E-state index contributed by atoms with van der Waals surface area (Å²) in [7, 11) is 0. The third-order valence-electron chi connectivity index (χ3n) is 4.21. The monoisotopic (exact) mass is 430 g/mol. The van der Waals surface area contributed by atoms with Gasteiger partial charge in [-0.1, -0.05) is 24.3 Å². The molecular weight excluding hydrogens is 413 g/mol. The minimum Gasteiger partial charge on any atom is -0.341 e. The van der Waals surface area contributed by atoms with Crippen molar-refractivity contribution in [3.8, 4) is 5.69 Å². The lowest BCUT2D eigenvalue weighted by Gasteiger charge is -2.13. The molecule has 2 amide bonds. The topological polar surface area (TPSA) is 93.1 Å². The molecule has 0 atom stereocenters. The Hall–Kier alpha value is -3.95. The molecule has 0 bridgehead atoms. The van der Waals surface area contributed by atoms with E-state index in [1.807, 2.05) is 0 Å². The number of carbonyl (C=O) groups is 2. The van der Waals surface area contributed by atoms with E-state index in [-0.39, 0.29) is 11.4 Å². The molecule has 1 aromatic heterocycles. The van der Waals surface area contributed by atoms with Crippen molar-refractivity contribution in [2.24, 2.45) is 0 Å². The van der Waals surface area contributed by atoms with Crippen LogP contribution in [0.15, 0.2) is 65.5 Å². The highest BCUT2D eigenvalue weighted by Crippen LogP contribution is 2.30. The first-order valence-electron chi connectivity index (χ1n) is 9.07. The number of para-hydroxylation sites is 1. The van der Waals surface area contributed by atoms with Crippen LogP contribution in [0, 0.1) is 6.92 Å². The molecule has 3 aromatic rings. The van der Waals surface area contributed by atoms with E-state index in [4.69, 9.17) is 0 Å². The number of aromatic nitrogens is 2. The van der Waals surface area contributed by atoms with Crippen LogP contribution >= 0.6 is 0 Å². The highest BCUT2D eigenvalue weighted by Gasteiger charge is 2.30. The first-order chi connectivity index (χ1) is 14.6. The van der Waals surface area contributed by atoms with Gasteiger partial charge in [0.1, 0.15) is 0 Å². The molecule has 0 aliphatic rings. The molecule has 2 N–H and O–H groups in total. The van der Waals surface area contributed by atoms with E-state index in [1.165, 1.54) is 19.1 Å². The van der Waals surface area contributed by atoms with Crippen molar-refractivity contribution in [2.75, 3.05) is 11.9 Å². The van der Waals surface area contributed by atoms with Crippen LogP contribution in [-0.2, 0) is 11.0 Å². The molecule has 10 heteroatoms. The smallest absolute Gasteiger partial charge is 0.341 e. The molecule has 0 aliphatic heterocycles. The molecule has 0 radical (unpaired) electrons. The van der Waals surface area contributed by atoms with Gasteiger partial charge in [-0.25, -0.2) is 4.68 Å². The summed E-state index contributed by atoms with van der Waals surface area (Å²) in [6.07, 6.45) is -4.56. The minimum absolute atomic E-state index is 0.0307. The summed E-state index contributed by atoms with van der Waals surface area (Å²) in [4.78, 5) is 36.6. The molecule has 0 unspecified atom stereocenters. The maximum atomic E-state index is 13.0. The van der Waals surface area contributed by atoms with Crippen molar-refractivity contribution in [1.29, 1.82) is 0 Å². The maximum absolute atomic E-state index is 13.0. The lowest BCUT2D eigenvalue weighted by molar-refractivity contribution is -0.137. The number of benzene rings is 2. The Morgan fingerprint density at radius 2 is 1.74 bits per heavy atom. The van der Waals surface area contributed by atoms with Gasteiger partial charge < -0.3 is 10.6 Å². The van der Waals surface area contributed by atoms with E-state index >= 15 is 0 Å². The third kappa shape index (κ3) is 5.35. The zero-order chi connectivity index (χ0) is 22.6. The predicted octanol–water partition coefficient (Wildman–Crippen LogP) is 2.93. The maximum Gasteiger partial charge on any atom is 0.416 e. The number of aryl methyl sites for hydroxylation is 1. The average Bonchev–Trinajstić information content (AvgIpc) is 2.72. The minimum atomic E-state index is -4.56. The number of amides is 2. The highest BCUT2D eigenvalue weighted by molar-refractivity contribution is 5.98. The van der Waals surface area contributed by atoms with E-state index in [0.717, 1.165) is 22.9 Å². The van der Waals surface area contributed by atoms with Crippen LogP contribution in [0.2, 0.25) is 0 Å². The van der Waals surface area contributed by atoms with E-state index in [1.54, 1.807) is 30.3 Å². The second-order valence-corrected chi connectivity index (χ2v) is 6.56. The van der Waals surface area contributed by atoms with Crippen molar-refractivity contribution < 1.29 is 22.8 Å². The van der Waals surface area contributed by atoms with Crippen LogP contribution in [0.5, 0.6) is 0 Å². The molecular formula is C21H17F3N4O3. The van der Waals surface area contributed by atoms with Crippen molar-refractivity contribution in [2.45, 2.75) is 13.1 Å². The van der Waals surface area contributed by atoms with Gasteiger partial charge in [-0.3, -0.25) is 14.4 Å². The third-order valence-corrected chi connectivity index (χ3v) is 4.21. The SMILES string of the molecule is Cc1cc(=O)c(C(=O)NCC(=O)Nc2ccccc2)nn1-c1cccc(C(F)(F)F)c1. The Morgan fingerprint density at radius 3 is 2.42 bits per heavy atom.